The number of hydrogen-bond donors (Lipinski definition) is 4. The molecule has 0 radical (unpaired) electrons. The van der Waals surface area contributed by atoms with Crippen molar-refractivity contribution < 1.29 is 34.6 Å². The van der Waals surface area contributed by atoms with Crippen LogP contribution in [0.15, 0.2) is 0 Å². The first-order valence-corrected chi connectivity index (χ1v) is 8.90. The van der Waals surface area contributed by atoms with E-state index in [-0.39, 0.29) is 17.6 Å². The minimum Gasteiger partial charge on any atom is -0.389 e. The number of aliphatic hydroxyl groups is 4. The lowest BCUT2D eigenvalue weighted by atomic mass is 10.0. The second-order valence-electron chi connectivity index (χ2n) is 5.43. The van der Waals surface area contributed by atoms with Crippen LogP contribution in [0, 0.1) is 0 Å². The van der Waals surface area contributed by atoms with Crippen LogP contribution in [0.4, 0.5) is 0 Å². The summed E-state index contributed by atoms with van der Waals surface area (Å²) in [7, 11) is 0. The molecule has 0 aliphatic carbocycles. The average Bonchev–Trinajstić information content (AvgIpc) is 2.80. The summed E-state index contributed by atoms with van der Waals surface area (Å²) < 4.78 is 16.4. The Morgan fingerprint density at radius 1 is 0.913 bits per heavy atom. The molecule has 0 unspecified atom stereocenters. The first kappa shape index (κ1) is 20.2. The van der Waals surface area contributed by atoms with E-state index in [1.807, 2.05) is 0 Å². The molecule has 0 amide bonds. The summed E-state index contributed by atoms with van der Waals surface area (Å²) in [5, 5.41) is 38.7. The third-order valence-electron chi connectivity index (χ3n) is 3.94. The molecule has 4 N–H and O–H groups in total. The van der Waals surface area contributed by atoms with E-state index < -0.39 is 54.1 Å². The van der Waals surface area contributed by atoms with Gasteiger partial charge in [-0.2, -0.15) is 0 Å². The zero-order valence-electron chi connectivity index (χ0n) is 11.8. The molecular weight excluding hydrogens is 398 g/mol. The Balaban J connectivity index is 2.18. The molecule has 9 atom stereocenters. The van der Waals surface area contributed by atoms with Crippen molar-refractivity contribution in [2.75, 3.05) is 17.6 Å². The van der Waals surface area contributed by atoms with Crippen LogP contribution in [0.25, 0.3) is 0 Å². The van der Waals surface area contributed by atoms with Crippen LogP contribution in [-0.4, -0.2) is 92.1 Å². The monoisotopic (exact) mass is 414 g/mol. The van der Waals surface area contributed by atoms with Gasteiger partial charge in [-0.1, -0.05) is 0 Å². The predicted octanol–water partition coefficient (Wildman–Crippen LogP) is -0.410. The van der Waals surface area contributed by atoms with Crippen LogP contribution >= 0.6 is 46.4 Å². The number of halogens is 4. The van der Waals surface area contributed by atoms with Crippen molar-refractivity contribution in [1.29, 1.82) is 0 Å². The maximum atomic E-state index is 10.2. The van der Waals surface area contributed by atoms with Crippen molar-refractivity contribution in [1.82, 2.24) is 0 Å². The summed E-state index contributed by atoms with van der Waals surface area (Å²) in [6, 6.07) is 0. The van der Waals surface area contributed by atoms with Crippen molar-refractivity contribution in [3.05, 3.63) is 0 Å². The lowest BCUT2D eigenvalue weighted by Gasteiger charge is -2.43. The van der Waals surface area contributed by atoms with Gasteiger partial charge in [-0.05, 0) is 0 Å². The molecule has 2 fully saturated rings. The van der Waals surface area contributed by atoms with E-state index in [2.05, 4.69) is 0 Å². The van der Waals surface area contributed by atoms with Gasteiger partial charge in [0.05, 0.1) is 17.6 Å². The standard InChI is InChI=1S/C12H18Cl4O7/c13-1-4-7(17)9(19)6(16)11(21-4)23-12(3-15)10(20)8(18)5(2-14)22-12/h4-11,17-20H,1-3H2/t4-,5-,6-,7-,8-,9-,10+,11-,12+/m1/s1. The minimum atomic E-state index is -1.82. The number of alkyl halides is 4. The van der Waals surface area contributed by atoms with Gasteiger partial charge in [0, 0.05) is 0 Å². The second kappa shape index (κ2) is 8.05. The topological polar surface area (TPSA) is 109 Å². The Morgan fingerprint density at radius 3 is 2.00 bits per heavy atom. The normalized spacial score (nSPS) is 51.1. The summed E-state index contributed by atoms with van der Waals surface area (Å²) in [6.45, 7) is 0. The molecule has 0 saturated carbocycles. The molecule has 7 nitrogen and oxygen atoms in total. The first-order chi connectivity index (χ1) is 10.8. The third-order valence-corrected chi connectivity index (χ3v) is 5.38. The number of rotatable bonds is 5. The fourth-order valence-electron chi connectivity index (χ4n) is 2.54. The highest BCUT2D eigenvalue weighted by Gasteiger charge is 2.58. The highest BCUT2D eigenvalue weighted by atomic mass is 35.5. The van der Waals surface area contributed by atoms with Crippen LogP contribution in [0.1, 0.15) is 0 Å². The summed E-state index contributed by atoms with van der Waals surface area (Å²) in [4.78, 5) is 0. The molecular formula is C12H18Cl4O7. The quantitative estimate of drug-likeness (QED) is 0.452. The lowest BCUT2D eigenvalue weighted by Crippen LogP contribution is -2.60. The summed E-state index contributed by atoms with van der Waals surface area (Å²) in [6.07, 6.45) is -8.61. The van der Waals surface area contributed by atoms with Gasteiger partial charge in [0.1, 0.15) is 42.0 Å². The van der Waals surface area contributed by atoms with Gasteiger partial charge in [-0.3, -0.25) is 0 Å². The van der Waals surface area contributed by atoms with Gasteiger partial charge in [0.15, 0.2) is 6.29 Å². The van der Waals surface area contributed by atoms with E-state index in [9.17, 15) is 20.4 Å². The number of aliphatic hydroxyl groups excluding tert-OH is 4. The van der Waals surface area contributed by atoms with Gasteiger partial charge in [-0.15, -0.1) is 46.4 Å². The molecule has 0 spiro atoms. The molecule has 23 heavy (non-hydrogen) atoms. The molecule has 11 heteroatoms. The third kappa shape index (κ3) is 3.71. The Kier molecular flexibility index (Phi) is 7.07. The Labute approximate surface area is 152 Å². The van der Waals surface area contributed by atoms with Crippen molar-refractivity contribution in [3.8, 4) is 0 Å². The second-order valence-corrected chi connectivity index (χ2v) is 6.82. The van der Waals surface area contributed by atoms with E-state index in [0.717, 1.165) is 0 Å². The summed E-state index contributed by atoms with van der Waals surface area (Å²) in [5.41, 5.74) is 0. The van der Waals surface area contributed by atoms with Gasteiger partial charge in [0.25, 0.3) is 0 Å². The molecule has 2 aliphatic heterocycles. The van der Waals surface area contributed by atoms with Crippen LogP contribution in [0.2, 0.25) is 0 Å². The van der Waals surface area contributed by atoms with E-state index >= 15 is 0 Å². The van der Waals surface area contributed by atoms with Gasteiger partial charge in [0.2, 0.25) is 5.79 Å². The molecule has 2 saturated heterocycles. The summed E-state index contributed by atoms with van der Waals surface area (Å²) >= 11 is 23.2. The highest BCUT2D eigenvalue weighted by Crippen LogP contribution is 2.38. The largest absolute Gasteiger partial charge is 0.389 e. The highest BCUT2D eigenvalue weighted by molar-refractivity contribution is 6.21. The van der Waals surface area contributed by atoms with E-state index in [1.54, 1.807) is 0 Å². The zero-order valence-corrected chi connectivity index (χ0v) is 14.8. The van der Waals surface area contributed by atoms with Crippen LogP contribution < -0.4 is 0 Å². The van der Waals surface area contributed by atoms with Crippen molar-refractivity contribution in [3.63, 3.8) is 0 Å². The number of hydrogen-bond acceptors (Lipinski definition) is 7. The van der Waals surface area contributed by atoms with Crippen LogP contribution in [0.5, 0.6) is 0 Å². The predicted molar refractivity (Wildman–Crippen MR) is 83.2 cm³/mol. The summed E-state index contributed by atoms with van der Waals surface area (Å²) in [5.74, 6) is -2.39. The van der Waals surface area contributed by atoms with Crippen LogP contribution in [0.3, 0.4) is 0 Å². The van der Waals surface area contributed by atoms with Gasteiger partial charge in [-0.25, -0.2) is 0 Å². The van der Waals surface area contributed by atoms with Gasteiger partial charge < -0.3 is 34.6 Å². The van der Waals surface area contributed by atoms with Crippen LogP contribution in [-0.2, 0) is 14.2 Å². The van der Waals surface area contributed by atoms with E-state index in [4.69, 9.17) is 60.6 Å². The van der Waals surface area contributed by atoms with Gasteiger partial charge >= 0.3 is 0 Å². The maximum absolute atomic E-state index is 10.2. The Bertz CT molecular complexity index is 404. The maximum Gasteiger partial charge on any atom is 0.214 e. The molecule has 0 aromatic heterocycles. The molecule has 2 heterocycles. The molecule has 136 valence electrons. The van der Waals surface area contributed by atoms with E-state index in [0.29, 0.717) is 0 Å². The molecule has 0 aromatic carbocycles. The van der Waals surface area contributed by atoms with Crippen molar-refractivity contribution >= 4 is 46.4 Å². The Hall–Kier alpha value is 0.880. The minimum absolute atomic E-state index is 0.0955. The van der Waals surface area contributed by atoms with E-state index in [1.165, 1.54) is 0 Å². The molecule has 0 aromatic rings. The lowest BCUT2D eigenvalue weighted by molar-refractivity contribution is -0.340. The SMILES string of the molecule is O[C@@H]1[C@@H](CCl)O[C@@](CCl)(O[C@H]2O[C@H](CCl)[C@@H](O)[C@H](O)[C@H]2Cl)[C@H]1O. The molecule has 2 rings (SSSR count). The smallest absolute Gasteiger partial charge is 0.214 e. The molecule has 2 aliphatic rings. The number of ether oxygens (including phenoxy) is 3. The van der Waals surface area contributed by atoms with Crippen molar-refractivity contribution in [2.24, 2.45) is 0 Å². The molecule has 0 bridgehead atoms. The first-order valence-electron chi connectivity index (χ1n) is 6.86. The average molecular weight is 416 g/mol. The van der Waals surface area contributed by atoms with Crippen molar-refractivity contribution in [2.45, 2.75) is 54.1 Å². The fraction of sp³-hybridized carbons (Fsp3) is 1.00. The Morgan fingerprint density at radius 2 is 1.52 bits per heavy atom. The zero-order chi connectivity index (χ0) is 17.4. The fourth-order valence-corrected chi connectivity index (χ4v) is 3.58.